The number of quaternary nitrogens is 1. The van der Waals surface area contributed by atoms with Crippen LogP contribution < -0.4 is 9.47 Å². The van der Waals surface area contributed by atoms with Crippen LogP contribution in [-0.4, -0.2) is 82.0 Å². The molecule has 1 aromatic rings. The first-order valence-electron chi connectivity index (χ1n) is 10.0. The maximum absolute atomic E-state index is 12.2. The molecule has 0 unspecified atom stereocenters. The lowest BCUT2D eigenvalue weighted by Gasteiger charge is -2.41. The van der Waals surface area contributed by atoms with Crippen LogP contribution in [0.2, 0.25) is 0 Å². The fourth-order valence-corrected chi connectivity index (χ4v) is 3.18. The Labute approximate surface area is 163 Å². The highest BCUT2D eigenvalue weighted by Crippen LogP contribution is 2.19. The fourth-order valence-electron chi connectivity index (χ4n) is 3.18. The van der Waals surface area contributed by atoms with E-state index in [9.17, 15) is 4.79 Å². The summed E-state index contributed by atoms with van der Waals surface area (Å²) in [5.41, 5.74) is 0. The van der Waals surface area contributed by atoms with Gasteiger partial charge in [-0.15, -0.1) is 0 Å². The Balaban J connectivity index is 1.76. The summed E-state index contributed by atoms with van der Waals surface area (Å²) in [7, 11) is 3.63. The largest absolute Gasteiger partial charge is 0.494 e. The molecule has 0 saturated carbocycles. The molecule has 152 valence electrons. The first-order chi connectivity index (χ1) is 13.0. The van der Waals surface area contributed by atoms with Gasteiger partial charge in [-0.25, -0.2) is 0 Å². The highest BCUT2D eigenvalue weighted by Gasteiger charge is 2.33. The Morgan fingerprint density at radius 2 is 1.59 bits per heavy atom. The highest BCUT2D eigenvalue weighted by molar-refractivity contribution is 5.76. The van der Waals surface area contributed by atoms with E-state index in [0.717, 1.165) is 74.7 Å². The van der Waals surface area contributed by atoms with Crippen molar-refractivity contribution in [2.45, 2.75) is 26.2 Å². The van der Waals surface area contributed by atoms with E-state index in [1.165, 1.54) is 0 Å². The molecule has 1 saturated heterocycles. The summed E-state index contributed by atoms with van der Waals surface area (Å²) in [5.74, 6) is 1.92. The zero-order valence-corrected chi connectivity index (χ0v) is 17.1. The number of nitrogens with zero attached hydrogens (tertiary/aromatic N) is 2. The van der Waals surface area contributed by atoms with Crippen molar-refractivity contribution in [1.29, 1.82) is 0 Å². The lowest BCUT2D eigenvalue weighted by Crippen LogP contribution is -2.59. The Morgan fingerprint density at radius 1 is 1.04 bits per heavy atom. The van der Waals surface area contributed by atoms with Gasteiger partial charge < -0.3 is 23.6 Å². The molecule has 6 heteroatoms. The summed E-state index contributed by atoms with van der Waals surface area (Å²) < 4.78 is 17.9. The van der Waals surface area contributed by atoms with Gasteiger partial charge in [0, 0.05) is 20.5 Å². The average Bonchev–Trinajstić information content (AvgIpc) is 2.67. The van der Waals surface area contributed by atoms with Gasteiger partial charge in [0.2, 0.25) is 0 Å². The summed E-state index contributed by atoms with van der Waals surface area (Å²) in [4.78, 5) is 13.9. The standard InChI is InChI=1S/C21H35N2O4/c1-4-5-14-26-19-7-9-20(10-8-19)27-15-6-11-23(12-16-25-17-13-23)18-21(24)22(2)3/h7-10H,4-6,11-18H2,1-3H3/q+1. The van der Waals surface area contributed by atoms with Crippen molar-refractivity contribution in [1.82, 2.24) is 4.90 Å². The number of likely N-dealkylation sites (N-methyl/N-ethyl adjacent to an activating group) is 1. The number of unbranched alkanes of at least 4 members (excludes halogenated alkanes) is 1. The molecule has 1 heterocycles. The summed E-state index contributed by atoms with van der Waals surface area (Å²) >= 11 is 0. The van der Waals surface area contributed by atoms with Gasteiger partial charge in [-0.2, -0.15) is 0 Å². The second-order valence-electron chi connectivity index (χ2n) is 7.45. The molecule has 2 rings (SSSR count). The average molecular weight is 380 g/mol. The third-order valence-electron chi connectivity index (χ3n) is 5.03. The van der Waals surface area contributed by atoms with Crippen LogP contribution in [0.25, 0.3) is 0 Å². The second-order valence-corrected chi connectivity index (χ2v) is 7.45. The van der Waals surface area contributed by atoms with E-state index in [-0.39, 0.29) is 5.91 Å². The number of amides is 1. The number of rotatable bonds is 11. The molecule has 1 amide bonds. The van der Waals surface area contributed by atoms with Gasteiger partial charge in [0.05, 0.1) is 33.0 Å². The topological polar surface area (TPSA) is 48.0 Å². The van der Waals surface area contributed by atoms with Gasteiger partial charge in [0.15, 0.2) is 6.54 Å². The number of benzene rings is 1. The molecule has 27 heavy (non-hydrogen) atoms. The van der Waals surface area contributed by atoms with Crippen LogP contribution in [0.5, 0.6) is 11.5 Å². The van der Waals surface area contributed by atoms with E-state index >= 15 is 0 Å². The van der Waals surface area contributed by atoms with Gasteiger partial charge in [-0.05, 0) is 30.7 Å². The lowest BCUT2D eigenvalue weighted by molar-refractivity contribution is -0.928. The van der Waals surface area contributed by atoms with Crippen LogP contribution in [0.4, 0.5) is 0 Å². The molecule has 6 nitrogen and oxygen atoms in total. The fraction of sp³-hybridized carbons (Fsp3) is 0.667. The van der Waals surface area contributed by atoms with Gasteiger partial charge in [-0.3, -0.25) is 4.79 Å². The molecule has 0 bridgehead atoms. The molecule has 0 aliphatic carbocycles. The smallest absolute Gasteiger partial charge is 0.277 e. The van der Waals surface area contributed by atoms with E-state index in [1.54, 1.807) is 4.90 Å². The Morgan fingerprint density at radius 3 is 2.11 bits per heavy atom. The number of hydrogen-bond acceptors (Lipinski definition) is 4. The minimum absolute atomic E-state index is 0.177. The molecule has 1 aromatic carbocycles. The minimum Gasteiger partial charge on any atom is -0.494 e. The van der Waals surface area contributed by atoms with Crippen LogP contribution in [0, 0.1) is 0 Å². The molecule has 0 aromatic heterocycles. The molecule has 0 radical (unpaired) electrons. The molecule has 1 fully saturated rings. The Bertz CT molecular complexity index is 554. The van der Waals surface area contributed by atoms with E-state index in [1.807, 2.05) is 38.4 Å². The molecular weight excluding hydrogens is 344 g/mol. The van der Waals surface area contributed by atoms with Gasteiger partial charge >= 0.3 is 0 Å². The van der Waals surface area contributed by atoms with E-state index in [4.69, 9.17) is 14.2 Å². The highest BCUT2D eigenvalue weighted by atomic mass is 16.5. The second kappa shape index (κ2) is 11.1. The molecule has 0 atom stereocenters. The van der Waals surface area contributed by atoms with Crippen LogP contribution >= 0.6 is 0 Å². The van der Waals surface area contributed by atoms with Gasteiger partial charge in [-0.1, -0.05) is 13.3 Å². The molecule has 0 spiro atoms. The number of morpholine rings is 1. The van der Waals surface area contributed by atoms with Gasteiger partial charge in [0.1, 0.15) is 24.6 Å². The predicted octanol–water partition coefficient (Wildman–Crippen LogP) is 2.57. The van der Waals surface area contributed by atoms with Crippen molar-refractivity contribution < 1.29 is 23.5 Å². The number of ether oxygens (including phenoxy) is 3. The monoisotopic (exact) mass is 379 g/mol. The Kier molecular flexibility index (Phi) is 8.88. The molecular formula is C21H35N2O4+. The maximum Gasteiger partial charge on any atom is 0.277 e. The predicted molar refractivity (Wildman–Crippen MR) is 106 cm³/mol. The zero-order valence-electron chi connectivity index (χ0n) is 17.1. The summed E-state index contributed by atoms with van der Waals surface area (Å²) in [6.45, 7) is 8.26. The van der Waals surface area contributed by atoms with Crippen LogP contribution in [0.3, 0.4) is 0 Å². The van der Waals surface area contributed by atoms with Crippen molar-refractivity contribution in [2.75, 3.05) is 66.7 Å². The zero-order chi connectivity index (χ0) is 19.5. The molecule has 1 aliphatic heterocycles. The SMILES string of the molecule is CCCCOc1ccc(OCCC[N+]2(CC(=O)N(C)C)CCOCC2)cc1. The third kappa shape index (κ3) is 7.39. The van der Waals surface area contributed by atoms with E-state index < -0.39 is 0 Å². The lowest BCUT2D eigenvalue weighted by atomic mass is 10.2. The number of hydrogen-bond donors (Lipinski definition) is 0. The first-order valence-corrected chi connectivity index (χ1v) is 10.0. The van der Waals surface area contributed by atoms with Crippen molar-refractivity contribution in [3.8, 4) is 11.5 Å². The van der Waals surface area contributed by atoms with Gasteiger partial charge in [0.25, 0.3) is 5.91 Å². The summed E-state index contributed by atoms with van der Waals surface area (Å²) in [6.07, 6.45) is 3.11. The van der Waals surface area contributed by atoms with E-state index in [2.05, 4.69) is 6.92 Å². The normalized spacial score (nSPS) is 16.0. The quantitative estimate of drug-likeness (QED) is 0.438. The van der Waals surface area contributed by atoms with Crippen molar-refractivity contribution in [3.05, 3.63) is 24.3 Å². The third-order valence-corrected chi connectivity index (χ3v) is 5.03. The maximum atomic E-state index is 12.2. The Hall–Kier alpha value is -1.79. The van der Waals surface area contributed by atoms with Crippen LogP contribution in [0.1, 0.15) is 26.2 Å². The van der Waals surface area contributed by atoms with Crippen molar-refractivity contribution in [2.24, 2.45) is 0 Å². The molecule has 1 aliphatic rings. The minimum atomic E-state index is 0.177. The number of carbonyl (C=O) groups excluding carboxylic acids is 1. The first kappa shape index (κ1) is 21.5. The van der Waals surface area contributed by atoms with Crippen LogP contribution in [0.15, 0.2) is 24.3 Å². The summed E-state index contributed by atoms with van der Waals surface area (Å²) in [6, 6.07) is 7.82. The molecule has 0 N–H and O–H groups in total. The van der Waals surface area contributed by atoms with Crippen LogP contribution in [-0.2, 0) is 9.53 Å². The van der Waals surface area contributed by atoms with Crippen molar-refractivity contribution >= 4 is 5.91 Å². The van der Waals surface area contributed by atoms with E-state index in [0.29, 0.717) is 13.2 Å². The van der Waals surface area contributed by atoms with Crippen molar-refractivity contribution in [3.63, 3.8) is 0 Å². The number of carbonyl (C=O) groups is 1. The summed E-state index contributed by atoms with van der Waals surface area (Å²) in [5, 5.41) is 0.